The van der Waals surface area contributed by atoms with Gasteiger partial charge in [-0.15, -0.1) is 21.5 Å². The van der Waals surface area contributed by atoms with Crippen molar-refractivity contribution in [1.82, 2.24) is 19.7 Å². The van der Waals surface area contributed by atoms with Crippen LogP contribution in [0.25, 0.3) is 5.82 Å². The average molecular weight is 399 g/mol. The Morgan fingerprint density at radius 3 is 2.52 bits per heavy atom. The molecule has 0 amide bonds. The normalized spacial score (nSPS) is 11.3. The molecule has 136 valence electrons. The molecule has 0 aliphatic carbocycles. The van der Waals surface area contributed by atoms with Crippen LogP contribution in [0.15, 0.2) is 76.8 Å². The molecule has 0 radical (unpaired) electrons. The molecule has 0 spiro atoms. The molecule has 10 heteroatoms. The summed E-state index contributed by atoms with van der Waals surface area (Å²) in [5.74, 6) is 1.46. The standard InChI is InChI=1S/C17H13N5O3S2/c23-27(24,17-2-1-11-26-17)21-13-3-5-14(6-4-13)25-16-8-7-15(19-20-16)22-10-9-18-12-22/h1-12,21H. The van der Waals surface area contributed by atoms with Crippen LogP contribution in [-0.2, 0) is 10.0 Å². The molecule has 27 heavy (non-hydrogen) atoms. The molecule has 0 bridgehead atoms. The number of hydrogen-bond donors (Lipinski definition) is 1. The maximum atomic E-state index is 12.2. The van der Waals surface area contributed by atoms with Crippen LogP contribution in [0.3, 0.4) is 0 Å². The summed E-state index contributed by atoms with van der Waals surface area (Å²) in [7, 11) is -3.57. The number of imidazole rings is 1. The highest BCUT2D eigenvalue weighted by molar-refractivity contribution is 7.94. The molecule has 0 aliphatic rings. The maximum Gasteiger partial charge on any atom is 0.271 e. The van der Waals surface area contributed by atoms with Gasteiger partial charge in [0, 0.05) is 24.1 Å². The molecule has 0 unspecified atom stereocenters. The number of thiophene rings is 1. The van der Waals surface area contributed by atoms with E-state index in [1.165, 1.54) is 0 Å². The van der Waals surface area contributed by atoms with Crippen molar-refractivity contribution >= 4 is 27.0 Å². The Hall–Kier alpha value is -3.24. The van der Waals surface area contributed by atoms with Crippen LogP contribution in [0.1, 0.15) is 0 Å². The highest BCUT2D eigenvalue weighted by Crippen LogP contribution is 2.24. The SMILES string of the molecule is O=S(=O)(Nc1ccc(Oc2ccc(-n3ccnc3)nn2)cc1)c1cccs1. The van der Waals surface area contributed by atoms with Gasteiger partial charge in [0.2, 0.25) is 5.88 Å². The van der Waals surface area contributed by atoms with E-state index in [-0.39, 0.29) is 4.21 Å². The first kappa shape index (κ1) is 17.2. The zero-order valence-electron chi connectivity index (χ0n) is 13.8. The molecule has 3 heterocycles. The fourth-order valence-electron chi connectivity index (χ4n) is 2.23. The molecular formula is C17H13N5O3S2. The maximum absolute atomic E-state index is 12.2. The van der Waals surface area contributed by atoms with Crippen LogP contribution < -0.4 is 9.46 Å². The fourth-order valence-corrected chi connectivity index (χ4v) is 4.28. The van der Waals surface area contributed by atoms with Crippen molar-refractivity contribution in [2.24, 2.45) is 0 Å². The first-order chi connectivity index (χ1) is 13.1. The van der Waals surface area contributed by atoms with Crippen LogP contribution in [0.5, 0.6) is 11.6 Å². The van der Waals surface area contributed by atoms with Crippen molar-refractivity contribution in [3.63, 3.8) is 0 Å². The Morgan fingerprint density at radius 2 is 1.89 bits per heavy atom. The average Bonchev–Trinajstić information content (AvgIpc) is 3.38. The second kappa shape index (κ2) is 7.17. The number of ether oxygens (including phenoxy) is 1. The topological polar surface area (TPSA) is 99.0 Å². The largest absolute Gasteiger partial charge is 0.438 e. The zero-order chi connectivity index (χ0) is 18.7. The highest BCUT2D eigenvalue weighted by atomic mass is 32.2. The summed E-state index contributed by atoms with van der Waals surface area (Å²) in [6.07, 6.45) is 5.04. The van der Waals surface area contributed by atoms with E-state index in [0.29, 0.717) is 23.1 Å². The third kappa shape index (κ3) is 3.96. The van der Waals surface area contributed by atoms with Gasteiger partial charge >= 0.3 is 0 Å². The minimum absolute atomic E-state index is 0.260. The molecule has 0 saturated carbocycles. The lowest BCUT2D eigenvalue weighted by Crippen LogP contribution is -2.11. The number of rotatable bonds is 6. The summed E-state index contributed by atoms with van der Waals surface area (Å²) in [5, 5.41) is 9.80. The number of nitrogens with zero attached hydrogens (tertiary/aromatic N) is 4. The fraction of sp³-hybridized carbons (Fsp3) is 0. The van der Waals surface area contributed by atoms with Crippen LogP contribution >= 0.6 is 11.3 Å². The van der Waals surface area contributed by atoms with E-state index >= 15 is 0 Å². The van der Waals surface area contributed by atoms with Crippen LogP contribution in [0.2, 0.25) is 0 Å². The van der Waals surface area contributed by atoms with Gasteiger partial charge < -0.3 is 4.74 Å². The van der Waals surface area contributed by atoms with Crippen molar-refractivity contribution in [2.45, 2.75) is 4.21 Å². The van der Waals surface area contributed by atoms with Gasteiger partial charge in [0.15, 0.2) is 5.82 Å². The van der Waals surface area contributed by atoms with E-state index in [1.807, 2.05) is 0 Å². The lowest BCUT2D eigenvalue weighted by Gasteiger charge is -2.08. The molecule has 0 saturated heterocycles. The van der Waals surface area contributed by atoms with Crippen molar-refractivity contribution in [1.29, 1.82) is 0 Å². The Bertz CT molecular complexity index is 1110. The van der Waals surface area contributed by atoms with Gasteiger partial charge in [-0.1, -0.05) is 6.07 Å². The third-order valence-electron chi connectivity index (χ3n) is 3.48. The second-order valence-corrected chi connectivity index (χ2v) is 8.22. The van der Waals surface area contributed by atoms with Crippen LogP contribution in [0.4, 0.5) is 5.69 Å². The molecule has 0 atom stereocenters. The van der Waals surface area contributed by atoms with Crippen molar-refractivity contribution in [3.05, 3.63) is 72.6 Å². The van der Waals surface area contributed by atoms with Crippen LogP contribution in [-0.4, -0.2) is 28.2 Å². The van der Waals surface area contributed by atoms with E-state index in [4.69, 9.17) is 4.74 Å². The lowest BCUT2D eigenvalue weighted by atomic mass is 10.3. The highest BCUT2D eigenvalue weighted by Gasteiger charge is 2.15. The quantitative estimate of drug-likeness (QED) is 0.534. The predicted molar refractivity (Wildman–Crippen MR) is 101 cm³/mol. The van der Waals surface area contributed by atoms with E-state index in [0.717, 1.165) is 11.3 Å². The lowest BCUT2D eigenvalue weighted by molar-refractivity contribution is 0.454. The summed E-state index contributed by atoms with van der Waals surface area (Å²) >= 11 is 1.16. The smallest absolute Gasteiger partial charge is 0.271 e. The van der Waals surface area contributed by atoms with Gasteiger partial charge in [-0.3, -0.25) is 9.29 Å². The molecule has 4 aromatic rings. The molecule has 8 nitrogen and oxygen atoms in total. The van der Waals surface area contributed by atoms with E-state index < -0.39 is 10.0 Å². The second-order valence-electron chi connectivity index (χ2n) is 5.36. The first-order valence-electron chi connectivity index (χ1n) is 7.76. The Labute approximate surface area is 159 Å². The van der Waals surface area contributed by atoms with Gasteiger partial charge in [-0.2, -0.15) is 0 Å². The summed E-state index contributed by atoms with van der Waals surface area (Å²) in [5.41, 5.74) is 0.442. The molecule has 3 aromatic heterocycles. The molecule has 4 rings (SSSR count). The number of sulfonamides is 1. The Kier molecular flexibility index (Phi) is 4.57. The van der Waals surface area contributed by atoms with E-state index in [2.05, 4.69) is 19.9 Å². The third-order valence-corrected chi connectivity index (χ3v) is 6.26. The van der Waals surface area contributed by atoms with Crippen LogP contribution in [0, 0.1) is 0 Å². The molecular weight excluding hydrogens is 386 g/mol. The number of nitrogens with one attached hydrogen (secondary N) is 1. The summed E-state index contributed by atoms with van der Waals surface area (Å²) in [6.45, 7) is 0. The van der Waals surface area contributed by atoms with Crippen molar-refractivity contribution < 1.29 is 13.2 Å². The zero-order valence-corrected chi connectivity index (χ0v) is 15.4. The van der Waals surface area contributed by atoms with Crippen molar-refractivity contribution in [2.75, 3.05) is 4.72 Å². The number of aromatic nitrogens is 4. The van der Waals surface area contributed by atoms with Gasteiger partial charge in [-0.25, -0.2) is 13.4 Å². The van der Waals surface area contributed by atoms with Gasteiger partial charge in [0.05, 0.1) is 0 Å². The number of anilines is 1. The summed E-state index contributed by atoms with van der Waals surface area (Å²) in [6, 6.07) is 13.2. The van der Waals surface area contributed by atoms with Gasteiger partial charge in [0.1, 0.15) is 16.3 Å². The Balaban J connectivity index is 1.43. The summed E-state index contributed by atoms with van der Waals surface area (Å²) in [4.78, 5) is 3.95. The number of benzene rings is 1. The predicted octanol–water partition coefficient (Wildman–Crippen LogP) is 3.32. The molecule has 0 aliphatic heterocycles. The number of hydrogen-bond acceptors (Lipinski definition) is 7. The van der Waals surface area contributed by atoms with Gasteiger partial charge in [0.25, 0.3) is 10.0 Å². The van der Waals surface area contributed by atoms with Gasteiger partial charge in [-0.05, 0) is 41.8 Å². The molecule has 1 aromatic carbocycles. The monoisotopic (exact) mass is 399 g/mol. The molecule has 1 N–H and O–H groups in total. The minimum atomic E-state index is -3.57. The van der Waals surface area contributed by atoms with E-state index in [9.17, 15) is 8.42 Å². The van der Waals surface area contributed by atoms with Crippen molar-refractivity contribution in [3.8, 4) is 17.4 Å². The summed E-state index contributed by atoms with van der Waals surface area (Å²) < 4.78 is 34.6. The Morgan fingerprint density at radius 1 is 1.04 bits per heavy atom. The van der Waals surface area contributed by atoms with E-state index in [1.54, 1.807) is 77.2 Å². The molecule has 0 fully saturated rings. The first-order valence-corrected chi connectivity index (χ1v) is 10.1. The minimum Gasteiger partial charge on any atom is -0.438 e.